The predicted molar refractivity (Wildman–Crippen MR) is 127 cm³/mol. The maximum Gasteiger partial charge on any atom is 0.329 e. The van der Waals surface area contributed by atoms with Crippen LogP contribution in [0.5, 0.6) is 0 Å². The smallest absolute Gasteiger partial charge is 0.329 e. The minimum Gasteiger partial charge on any atom is -0.454 e. The van der Waals surface area contributed by atoms with Gasteiger partial charge in [-0.2, -0.15) is 11.8 Å². The standard InChI is InChI=1S/C22H30ClN3O6S/c1-13-5-4-6-18(14(13)2)24-20(27)12-32-22(29)19(9-10-33-3)25-21(28)16-8-7-15(26(30)31)11-17(16)23/h7-8,11,13-14,18-19H,4-6,9-10,12H2,1-3H3,(H,24,27)(H,25,28)/t13-,14-,18+,19-/m0/s1. The van der Waals surface area contributed by atoms with Crippen molar-refractivity contribution in [3.05, 3.63) is 38.9 Å². The zero-order valence-electron chi connectivity index (χ0n) is 19.0. The Morgan fingerprint density at radius 3 is 2.67 bits per heavy atom. The number of hydrogen-bond donors (Lipinski definition) is 2. The van der Waals surface area contributed by atoms with E-state index in [2.05, 4.69) is 24.5 Å². The number of benzene rings is 1. The number of non-ortho nitro benzene ring substituents is 1. The van der Waals surface area contributed by atoms with Gasteiger partial charge in [0.05, 0.1) is 15.5 Å². The monoisotopic (exact) mass is 499 g/mol. The third-order valence-corrected chi connectivity index (χ3v) is 6.96. The number of thioether (sulfide) groups is 1. The van der Waals surface area contributed by atoms with Gasteiger partial charge < -0.3 is 15.4 Å². The van der Waals surface area contributed by atoms with E-state index in [1.807, 2.05) is 6.26 Å². The highest BCUT2D eigenvalue weighted by Crippen LogP contribution is 2.29. The zero-order valence-corrected chi connectivity index (χ0v) is 20.5. The summed E-state index contributed by atoms with van der Waals surface area (Å²) in [6.07, 6.45) is 5.22. The Kier molecular flexibility index (Phi) is 10.4. The van der Waals surface area contributed by atoms with Gasteiger partial charge in [-0.25, -0.2) is 4.79 Å². The van der Waals surface area contributed by atoms with Gasteiger partial charge in [0.2, 0.25) is 0 Å². The summed E-state index contributed by atoms with van der Waals surface area (Å²) in [5.74, 6) is -0.328. The number of carbonyl (C=O) groups excluding carboxylic acids is 3. The Bertz CT molecular complexity index is 884. The van der Waals surface area contributed by atoms with Crippen LogP contribution in [0, 0.1) is 22.0 Å². The van der Waals surface area contributed by atoms with Crippen molar-refractivity contribution in [1.82, 2.24) is 10.6 Å². The van der Waals surface area contributed by atoms with Gasteiger partial charge >= 0.3 is 5.97 Å². The van der Waals surface area contributed by atoms with Crippen LogP contribution in [0.3, 0.4) is 0 Å². The van der Waals surface area contributed by atoms with E-state index >= 15 is 0 Å². The molecular formula is C22H30ClN3O6S. The van der Waals surface area contributed by atoms with E-state index in [1.165, 1.54) is 17.8 Å². The molecular weight excluding hydrogens is 470 g/mol. The minimum atomic E-state index is -0.988. The zero-order chi connectivity index (χ0) is 24.5. The molecule has 0 heterocycles. The van der Waals surface area contributed by atoms with Crippen molar-refractivity contribution in [2.45, 2.75) is 51.6 Å². The van der Waals surface area contributed by atoms with E-state index in [4.69, 9.17) is 16.3 Å². The number of rotatable bonds is 10. The molecule has 0 bridgehead atoms. The highest BCUT2D eigenvalue weighted by Gasteiger charge is 2.29. The van der Waals surface area contributed by atoms with Crippen molar-refractivity contribution < 1.29 is 24.0 Å². The van der Waals surface area contributed by atoms with Crippen LogP contribution in [0.4, 0.5) is 5.69 Å². The number of nitro groups is 1. The number of nitrogens with one attached hydrogen (secondary N) is 2. The molecule has 2 rings (SSSR count). The van der Waals surface area contributed by atoms with Crippen LogP contribution in [0.25, 0.3) is 0 Å². The van der Waals surface area contributed by atoms with Crippen molar-refractivity contribution in [3.63, 3.8) is 0 Å². The number of esters is 1. The fourth-order valence-electron chi connectivity index (χ4n) is 3.79. The molecule has 33 heavy (non-hydrogen) atoms. The number of ether oxygens (including phenoxy) is 1. The fraction of sp³-hybridized carbons (Fsp3) is 0.591. The normalized spacial score (nSPS) is 21.0. The van der Waals surface area contributed by atoms with Crippen molar-refractivity contribution in [3.8, 4) is 0 Å². The third-order valence-electron chi connectivity index (χ3n) is 6.01. The summed E-state index contributed by atoms with van der Waals surface area (Å²) in [4.78, 5) is 47.8. The number of nitrogens with zero attached hydrogens (tertiary/aromatic N) is 1. The number of nitro benzene ring substituents is 1. The first-order valence-corrected chi connectivity index (χ1v) is 12.6. The summed E-state index contributed by atoms with van der Waals surface area (Å²) >= 11 is 7.50. The van der Waals surface area contributed by atoms with Gasteiger partial charge in [-0.15, -0.1) is 0 Å². The summed E-state index contributed by atoms with van der Waals surface area (Å²) in [5, 5.41) is 16.3. The highest BCUT2D eigenvalue weighted by molar-refractivity contribution is 7.98. The molecule has 0 spiro atoms. The second kappa shape index (κ2) is 12.8. The average Bonchev–Trinajstić information content (AvgIpc) is 2.77. The molecule has 0 radical (unpaired) electrons. The molecule has 9 nitrogen and oxygen atoms in total. The molecule has 1 aliphatic rings. The SMILES string of the molecule is CSCC[C@H](NC(=O)c1ccc([N+](=O)[O-])cc1Cl)C(=O)OCC(=O)N[C@@H]1CCC[C@H](C)[C@@H]1C. The summed E-state index contributed by atoms with van der Waals surface area (Å²) in [5.41, 5.74) is -0.245. The third kappa shape index (κ3) is 7.89. The van der Waals surface area contributed by atoms with Gasteiger partial charge in [-0.3, -0.25) is 19.7 Å². The molecule has 0 saturated heterocycles. The molecule has 0 aromatic heterocycles. The number of hydrogen-bond acceptors (Lipinski definition) is 7. The topological polar surface area (TPSA) is 128 Å². The van der Waals surface area contributed by atoms with E-state index in [0.29, 0.717) is 17.6 Å². The minimum absolute atomic E-state index is 0.00219. The lowest BCUT2D eigenvalue weighted by Crippen LogP contribution is -2.46. The largest absolute Gasteiger partial charge is 0.454 e. The summed E-state index contributed by atoms with van der Waals surface area (Å²) in [7, 11) is 0. The Morgan fingerprint density at radius 2 is 2.03 bits per heavy atom. The van der Waals surface area contributed by atoms with E-state index in [-0.39, 0.29) is 34.6 Å². The maximum absolute atomic E-state index is 12.6. The molecule has 1 aromatic carbocycles. The second-order valence-electron chi connectivity index (χ2n) is 8.28. The first kappa shape index (κ1) is 26.9. The van der Waals surface area contributed by atoms with Gasteiger partial charge in [0.15, 0.2) is 6.61 Å². The van der Waals surface area contributed by atoms with Crippen LogP contribution in [0.2, 0.25) is 5.02 Å². The van der Waals surface area contributed by atoms with Gasteiger partial charge in [0, 0.05) is 18.2 Å². The van der Waals surface area contributed by atoms with Crippen molar-refractivity contribution >= 4 is 46.8 Å². The highest BCUT2D eigenvalue weighted by atomic mass is 35.5. The molecule has 11 heteroatoms. The van der Waals surface area contributed by atoms with Gasteiger partial charge in [-0.05, 0) is 42.8 Å². The fourth-order valence-corrected chi connectivity index (χ4v) is 4.53. The van der Waals surface area contributed by atoms with E-state index < -0.39 is 29.4 Å². The van der Waals surface area contributed by atoms with E-state index in [1.54, 1.807) is 0 Å². The van der Waals surface area contributed by atoms with Crippen molar-refractivity contribution in [2.75, 3.05) is 18.6 Å². The lowest BCUT2D eigenvalue weighted by atomic mass is 9.78. The quantitative estimate of drug-likeness (QED) is 0.286. The van der Waals surface area contributed by atoms with Crippen LogP contribution in [0.15, 0.2) is 18.2 Å². The van der Waals surface area contributed by atoms with Gasteiger partial charge in [0.1, 0.15) is 6.04 Å². The number of amides is 2. The van der Waals surface area contributed by atoms with Crippen LogP contribution in [0.1, 0.15) is 49.9 Å². The first-order valence-electron chi connectivity index (χ1n) is 10.8. The molecule has 1 saturated carbocycles. The van der Waals surface area contributed by atoms with E-state index in [9.17, 15) is 24.5 Å². The van der Waals surface area contributed by atoms with Crippen LogP contribution >= 0.6 is 23.4 Å². The maximum atomic E-state index is 12.6. The molecule has 182 valence electrons. The Labute approximate surface area is 202 Å². The predicted octanol–water partition coefficient (Wildman–Crippen LogP) is 3.58. The van der Waals surface area contributed by atoms with Crippen LogP contribution in [-0.4, -0.2) is 53.4 Å². The lowest BCUT2D eigenvalue weighted by Gasteiger charge is -2.34. The summed E-state index contributed by atoms with van der Waals surface area (Å²) in [6, 6.07) is 2.53. The lowest BCUT2D eigenvalue weighted by molar-refractivity contribution is -0.384. The van der Waals surface area contributed by atoms with Crippen molar-refractivity contribution in [2.24, 2.45) is 11.8 Å². The molecule has 2 amide bonds. The molecule has 1 aromatic rings. The summed E-state index contributed by atoms with van der Waals surface area (Å²) in [6.45, 7) is 3.84. The Balaban J connectivity index is 1.96. The van der Waals surface area contributed by atoms with Gasteiger partial charge in [0.25, 0.3) is 17.5 Å². The molecule has 1 aliphatic carbocycles. The molecule has 1 fully saturated rings. The second-order valence-corrected chi connectivity index (χ2v) is 9.67. The summed E-state index contributed by atoms with van der Waals surface area (Å²) < 4.78 is 5.19. The van der Waals surface area contributed by atoms with Crippen LogP contribution < -0.4 is 10.6 Å². The molecule has 2 N–H and O–H groups in total. The number of carbonyl (C=O) groups is 3. The average molecular weight is 500 g/mol. The number of halogens is 1. The molecule has 0 unspecified atom stereocenters. The van der Waals surface area contributed by atoms with Crippen LogP contribution in [-0.2, 0) is 14.3 Å². The van der Waals surface area contributed by atoms with Gasteiger partial charge in [-0.1, -0.05) is 38.3 Å². The van der Waals surface area contributed by atoms with Crippen molar-refractivity contribution in [1.29, 1.82) is 0 Å². The first-order chi connectivity index (χ1) is 15.6. The molecule has 0 aliphatic heterocycles. The molecule has 4 atom stereocenters. The Hall–Kier alpha value is -2.33. The Morgan fingerprint density at radius 1 is 1.30 bits per heavy atom. The van der Waals surface area contributed by atoms with E-state index in [0.717, 1.165) is 31.4 Å².